The third kappa shape index (κ3) is 7.89. The molecule has 0 bridgehead atoms. The average molecular weight is 435 g/mol. The maximum atomic E-state index is 14.3. The third-order valence-electron chi connectivity index (χ3n) is 7.22. The molecule has 0 spiro atoms. The van der Waals surface area contributed by atoms with Crippen LogP contribution in [0, 0.1) is 11.8 Å². The van der Waals surface area contributed by atoms with Crippen molar-refractivity contribution >= 4 is 0 Å². The molecular formula is C27H40F2O2. The van der Waals surface area contributed by atoms with Crippen LogP contribution in [0.5, 0.6) is 5.75 Å². The van der Waals surface area contributed by atoms with Gasteiger partial charge >= 0.3 is 6.11 Å². The molecule has 2 aliphatic rings. The van der Waals surface area contributed by atoms with Crippen LogP contribution in [0.15, 0.2) is 36.9 Å². The molecule has 0 heterocycles. The van der Waals surface area contributed by atoms with Gasteiger partial charge in [-0.05, 0) is 99.7 Å². The first kappa shape index (κ1) is 24.2. The molecule has 2 nitrogen and oxygen atoms in total. The van der Waals surface area contributed by atoms with Crippen molar-refractivity contribution in [3.63, 3.8) is 0 Å². The first-order valence-corrected chi connectivity index (χ1v) is 12.4. The molecule has 1 aromatic rings. The first-order valence-electron chi connectivity index (χ1n) is 12.4. The number of hydrogen-bond donors (Lipinski definition) is 0. The van der Waals surface area contributed by atoms with Crippen LogP contribution in [0.3, 0.4) is 0 Å². The van der Waals surface area contributed by atoms with Crippen LogP contribution in [-0.4, -0.2) is 18.8 Å². The van der Waals surface area contributed by atoms with E-state index in [1.807, 2.05) is 18.2 Å². The molecule has 2 aliphatic carbocycles. The summed E-state index contributed by atoms with van der Waals surface area (Å²) in [4.78, 5) is 0. The van der Waals surface area contributed by atoms with Gasteiger partial charge in [0.1, 0.15) is 5.75 Å². The lowest BCUT2D eigenvalue weighted by Crippen LogP contribution is -2.34. The van der Waals surface area contributed by atoms with Crippen molar-refractivity contribution in [1.82, 2.24) is 0 Å². The smallest absolute Gasteiger partial charge is 0.421 e. The first-order chi connectivity index (χ1) is 15.0. The Labute approximate surface area is 187 Å². The Morgan fingerprint density at radius 1 is 0.935 bits per heavy atom. The Morgan fingerprint density at radius 2 is 1.55 bits per heavy atom. The highest BCUT2D eigenvalue weighted by atomic mass is 19.3. The van der Waals surface area contributed by atoms with Crippen LogP contribution >= 0.6 is 0 Å². The third-order valence-corrected chi connectivity index (χ3v) is 7.22. The van der Waals surface area contributed by atoms with Gasteiger partial charge in [-0.25, -0.2) is 0 Å². The molecule has 31 heavy (non-hydrogen) atoms. The molecule has 0 saturated heterocycles. The van der Waals surface area contributed by atoms with Gasteiger partial charge in [-0.2, -0.15) is 8.78 Å². The lowest BCUT2D eigenvalue weighted by molar-refractivity contribution is -0.222. The number of alkyl halides is 2. The van der Waals surface area contributed by atoms with Gasteiger partial charge in [0, 0.05) is 0 Å². The van der Waals surface area contributed by atoms with Gasteiger partial charge in [0.2, 0.25) is 0 Å². The summed E-state index contributed by atoms with van der Waals surface area (Å²) in [7, 11) is 0. The maximum absolute atomic E-state index is 14.3. The summed E-state index contributed by atoms with van der Waals surface area (Å²) in [6.07, 6.45) is 12.1. The van der Waals surface area contributed by atoms with Crippen LogP contribution in [0.2, 0.25) is 0 Å². The maximum Gasteiger partial charge on any atom is 0.421 e. The molecular weight excluding hydrogens is 394 g/mol. The minimum atomic E-state index is -3.31. The molecule has 0 atom stereocenters. The van der Waals surface area contributed by atoms with Gasteiger partial charge in [0.25, 0.3) is 0 Å². The highest BCUT2D eigenvalue weighted by Gasteiger charge is 2.34. The lowest BCUT2D eigenvalue weighted by Gasteiger charge is -2.30. The molecule has 3 rings (SSSR count). The molecule has 174 valence electrons. The fourth-order valence-corrected chi connectivity index (χ4v) is 5.36. The SMILES string of the molecule is C=CCCC1CCC(OCC(F)(F)Oc2ccc(C3CCC(CCC)CC3)cc2)CC1. The topological polar surface area (TPSA) is 18.5 Å². The molecule has 0 amide bonds. The van der Waals surface area contributed by atoms with Gasteiger partial charge in [0.05, 0.1) is 6.10 Å². The summed E-state index contributed by atoms with van der Waals surface area (Å²) < 4.78 is 39.2. The Kier molecular flexibility index (Phi) is 9.37. The normalized spacial score (nSPS) is 27.1. The van der Waals surface area contributed by atoms with E-state index >= 15 is 0 Å². The molecule has 2 fully saturated rings. The molecule has 0 radical (unpaired) electrons. The van der Waals surface area contributed by atoms with Gasteiger partial charge < -0.3 is 9.47 Å². The molecule has 2 saturated carbocycles. The van der Waals surface area contributed by atoms with E-state index in [1.54, 1.807) is 12.1 Å². The Morgan fingerprint density at radius 3 is 2.16 bits per heavy atom. The predicted molar refractivity (Wildman–Crippen MR) is 123 cm³/mol. The van der Waals surface area contributed by atoms with Crippen LogP contribution < -0.4 is 4.74 Å². The van der Waals surface area contributed by atoms with Gasteiger partial charge in [0.15, 0.2) is 6.61 Å². The highest BCUT2D eigenvalue weighted by molar-refractivity contribution is 5.30. The Bertz CT molecular complexity index is 642. The van der Waals surface area contributed by atoms with Crippen molar-refractivity contribution in [2.45, 2.75) is 102 Å². The second-order valence-corrected chi connectivity index (χ2v) is 9.63. The molecule has 1 aromatic carbocycles. The number of hydrogen-bond acceptors (Lipinski definition) is 2. The predicted octanol–water partition coefficient (Wildman–Crippen LogP) is 8.27. The summed E-state index contributed by atoms with van der Waals surface area (Å²) in [6.45, 7) is 5.34. The molecule has 0 N–H and O–H groups in total. The summed E-state index contributed by atoms with van der Waals surface area (Å²) in [5, 5.41) is 0. The minimum Gasteiger partial charge on any atom is -0.431 e. The summed E-state index contributed by atoms with van der Waals surface area (Å²) in [5.41, 5.74) is 1.25. The van der Waals surface area contributed by atoms with E-state index in [1.165, 1.54) is 44.1 Å². The van der Waals surface area contributed by atoms with Crippen molar-refractivity contribution in [1.29, 1.82) is 0 Å². The minimum absolute atomic E-state index is 0.0836. The van der Waals surface area contributed by atoms with Crippen LogP contribution in [0.4, 0.5) is 8.78 Å². The number of allylic oxidation sites excluding steroid dienone is 1. The quantitative estimate of drug-likeness (QED) is 0.326. The fourth-order valence-electron chi connectivity index (χ4n) is 5.36. The molecule has 0 unspecified atom stereocenters. The van der Waals surface area contributed by atoms with Gasteiger partial charge in [-0.15, -0.1) is 6.58 Å². The van der Waals surface area contributed by atoms with Crippen molar-refractivity contribution in [2.75, 3.05) is 6.61 Å². The summed E-state index contributed by atoms with van der Waals surface area (Å²) in [5.74, 6) is 2.30. The van der Waals surface area contributed by atoms with Gasteiger partial charge in [-0.1, -0.05) is 38.0 Å². The lowest BCUT2D eigenvalue weighted by atomic mass is 9.77. The Hall–Kier alpha value is -1.42. The molecule has 0 aliphatic heterocycles. The number of rotatable bonds is 11. The average Bonchev–Trinajstić information content (AvgIpc) is 2.78. The standard InChI is InChI=1S/C27H40F2O2/c1-3-5-7-22-10-16-25(17-11-22)30-20-27(28,29)31-26-18-14-24(15-19-26)23-12-8-21(6-4-2)9-13-23/h3,14-15,18-19,21-23,25H,1,4-13,16-17,20H2,2H3. The second-order valence-electron chi connectivity index (χ2n) is 9.63. The molecule has 4 heteroatoms. The Balaban J connectivity index is 1.40. The zero-order chi connectivity index (χ0) is 22.1. The number of halogens is 2. The van der Waals surface area contributed by atoms with Crippen molar-refractivity contribution < 1.29 is 18.3 Å². The zero-order valence-corrected chi connectivity index (χ0v) is 19.2. The number of benzene rings is 1. The highest BCUT2D eigenvalue weighted by Crippen LogP contribution is 2.38. The van der Waals surface area contributed by atoms with Crippen LogP contribution in [-0.2, 0) is 4.74 Å². The second kappa shape index (κ2) is 12.0. The van der Waals surface area contributed by atoms with Crippen molar-refractivity contribution in [3.05, 3.63) is 42.5 Å². The summed E-state index contributed by atoms with van der Waals surface area (Å²) >= 11 is 0. The fraction of sp³-hybridized carbons (Fsp3) is 0.704. The van der Waals surface area contributed by atoms with Crippen LogP contribution in [0.25, 0.3) is 0 Å². The largest absolute Gasteiger partial charge is 0.431 e. The van der Waals surface area contributed by atoms with Gasteiger partial charge in [-0.3, -0.25) is 0 Å². The van der Waals surface area contributed by atoms with E-state index in [2.05, 4.69) is 13.5 Å². The van der Waals surface area contributed by atoms with E-state index < -0.39 is 12.7 Å². The number of ether oxygens (including phenoxy) is 2. The van der Waals surface area contributed by atoms with E-state index in [-0.39, 0.29) is 11.9 Å². The van der Waals surface area contributed by atoms with E-state index in [9.17, 15) is 8.78 Å². The van der Waals surface area contributed by atoms with E-state index in [0.717, 1.165) is 44.4 Å². The van der Waals surface area contributed by atoms with Crippen LogP contribution in [0.1, 0.15) is 95.5 Å². The van der Waals surface area contributed by atoms with Crippen molar-refractivity contribution in [3.8, 4) is 5.75 Å². The monoisotopic (exact) mass is 434 g/mol. The molecule has 0 aromatic heterocycles. The van der Waals surface area contributed by atoms with Crippen molar-refractivity contribution in [2.24, 2.45) is 11.8 Å². The van der Waals surface area contributed by atoms with E-state index in [0.29, 0.717) is 11.8 Å². The summed E-state index contributed by atoms with van der Waals surface area (Å²) in [6, 6.07) is 7.29. The zero-order valence-electron chi connectivity index (χ0n) is 19.2. The van der Waals surface area contributed by atoms with E-state index in [4.69, 9.17) is 9.47 Å².